The van der Waals surface area contributed by atoms with Gasteiger partial charge in [0.15, 0.2) is 5.60 Å². The molecule has 1 amide bonds. The maximum Gasteiger partial charge on any atom is 0.417 e. The van der Waals surface area contributed by atoms with E-state index in [0.29, 0.717) is 19.8 Å². The van der Waals surface area contributed by atoms with Gasteiger partial charge in [-0.05, 0) is 25.5 Å². The summed E-state index contributed by atoms with van der Waals surface area (Å²) >= 11 is 1.56. The van der Waals surface area contributed by atoms with Crippen LogP contribution >= 0.6 is 11.3 Å². The molecule has 1 atom stereocenters. The van der Waals surface area contributed by atoms with Crippen LogP contribution in [0.1, 0.15) is 24.8 Å². The molecular weight excluding hydrogens is 329 g/mol. The summed E-state index contributed by atoms with van der Waals surface area (Å²) < 4.78 is 38.5. The van der Waals surface area contributed by atoms with E-state index < -0.39 is 24.1 Å². The fourth-order valence-corrected chi connectivity index (χ4v) is 2.98. The van der Waals surface area contributed by atoms with Gasteiger partial charge in [-0.15, -0.1) is 11.3 Å². The number of hydrogen-bond donors (Lipinski definition) is 2. The first-order chi connectivity index (χ1) is 10.7. The predicted octanol–water partition coefficient (Wildman–Crippen LogP) is 3.05. The molecule has 4 nitrogen and oxygen atoms in total. The summed E-state index contributed by atoms with van der Waals surface area (Å²) in [7, 11) is 0. The lowest BCUT2D eigenvalue weighted by molar-refractivity contribution is -0.253. The minimum atomic E-state index is -4.83. The van der Waals surface area contributed by atoms with Crippen molar-refractivity contribution in [3.63, 3.8) is 0 Å². The van der Waals surface area contributed by atoms with Gasteiger partial charge in [-0.1, -0.05) is 12.1 Å². The first-order valence-corrected chi connectivity index (χ1v) is 7.91. The van der Waals surface area contributed by atoms with E-state index in [1.54, 1.807) is 11.3 Å². The Bertz CT molecular complexity index is 650. The number of aryl methyl sites for hydroxylation is 1. The Morgan fingerprint density at radius 3 is 2.70 bits per heavy atom. The summed E-state index contributed by atoms with van der Waals surface area (Å²) in [4.78, 5) is 15.9. The van der Waals surface area contributed by atoms with Crippen molar-refractivity contribution in [3.8, 4) is 0 Å². The van der Waals surface area contributed by atoms with Crippen molar-refractivity contribution in [1.82, 2.24) is 10.3 Å². The van der Waals surface area contributed by atoms with Gasteiger partial charge in [0.05, 0.1) is 21.6 Å². The van der Waals surface area contributed by atoms with Gasteiger partial charge in [0.1, 0.15) is 0 Å². The number of nitrogens with zero attached hydrogens (tertiary/aromatic N) is 1. The second kappa shape index (κ2) is 6.84. The van der Waals surface area contributed by atoms with Crippen LogP contribution in [-0.4, -0.2) is 34.3 Å². The van der Waals surface area contributed by atoms with Crippen LogP contribution in [0, 0.1) is 0 Å². The number of carbonyl (C=O) groups is 1. The number of nitrogens with one attached hydrogen (secondary N) is 1. The van der Waals surface area contributed by atoms with Crippen LogP contribution in [0.2, 0.25) is 0 Å². The van der Waals surface area contributed by atoms with Crippen LogP contribution in [0.4, 0.5) is 13.2 Å². The highest BCUT2D eigenvalue weighted by molar-refractivity contribution is 7.18. The molecule has 0 aliphatic heterocycles. The highest BCUT2D eigenvalue weighted by atomic mass is 32.1. The molecule has 0 aliphatic rings. The first kappa shape index (κ1) is 17.7. The van der Waals surface area contributed by atoms with Gasteiger partial charge in [0, 0.05) is 13.0 Å². The van der Waals surface area contributed by atoms with E-state index in [-0.39, 0.29) is 6.54 Å². The number of fused-ring (bicyclic) bond motifs is 1. The predicted molar refractivity (Wildman–Crippen MR) is 82.2 cm³/mol. The normalized spacial score (nSPS) is 14.7. The standard InChI is InChI=1S/C15H17F3N2O2S/c1-14(22,15(16,17)18)9-12(21)19-8-4-7-13-20-10-5-2-3-6-11(10)23-13/h2-3,5-6,22H,4,7-9H2,1H3,(H,19,21). The van der Waals surface area contributed by atoms with Crippen molar-refractivity contribution in [2.24, 2.45) is 0 Å². The van der Waals surface area contributed by atoms with Crippen LogP contribution < -0.4 is 5.32 Å². The maximum atomic E-state index is 12.5. The van der Waals surface area contributed by atoms with Crippen LogP contribution in [0.25, 0.3) is 10.2 Å². The minimum absolute atomic E-state index is 0.239. The van der Waals surface area contributed by atoms with E-state index >= 15 is 0 Å². The molecule has 0 aliphatic carbocycles. The molecule has 8 heteroatoms. The molecule has 1 heterocycles. The Kier molecular flexibility index (Phi) is 5.26. The summed E-state index contributed by atoms with van der Waals surface area (Å²) in [5.74, 6) is -0.823. The third kappa shape index (κ3) is 4.65. The van der Waals surface area contributed by atoms with Crippen LogP contribution in [-0.2, 0) is 11.2 Å². The number of thiazole rings is 1. The molecule has 0 saturated carbocycles. The van der Waals surface area contributed by atoms with Gasteiger partial charge < -0.3 is 10.4 Å². The zero-order chi connectivity index (χ0) is 17.1. The lowest BCUT2D eigenvalue weighted by atomic mass is 10.0. The van der Waals surface area contributed by atoms with E-state index in [1.165, 1.54) is 0 Å². The summed E-state index contributed by atoms with van der Waals surface area (Å²) in [6.45, 7) is 0.830. The van der Waals surface area contributed by atoms with E-state index in [0.717, 1.165) is 15.2 Å². The highest BCUT2D eigenvalue weighted by Gasteiger charge is 2.50. The molecule has 0 radical (unpaired) electrons. The van der Waals surface area contributed by atoms with Crippen LogP contribution in [0.15, 0.2) is 24.3 Å². The Balaban J connectivity index is 1.76. The van der Waals surface area contributed by atoms with E-state index in [4.69, 9.17) is 0 Å². The Labute approximate surface area is 135 Å². The van der Waals surface area contributed by atoms with Gasteiger partial charge in [0.25, 0.3) is 0 Å². The summed E-state index contributed by atoms with van der Waals surface area (Å²) in [6.07, 6.45) is -4.63. The number of hydrogen-bond acceptors (Lipinski definition) is 4. The number of alkyl halides is 3. The van der Waals surface area contributed by atoms with Crippen molar-refractivity contribution in [2.75, 3.05) is 6.54 Å². The molecule has 0 saturated heterocycles. The molecule has 126 valence electrons. The van der Waals surface area contributed by atoms with Crippen molar-refractivity contribution >= 4 is 27.5 Å². The van der Waals surface area contributed by atoms with E-state index in [1.807, 2.05) is 24.3 Å². The maximum absolute atomic E-state index is 12.5. The highest BCUT2D eigenvalue weighted by Crippen LogP contribution is 2.32. The van der Waals surface area contributed by atoms with Gasteiger partial charge >= 0.3 is 6.18 Å². The van der Waals surface area contributed by atoms with Crippen molar-refractivity contribution in [2.45, 2.75) is 38.0 Å². The molecule has 0 bridgehead atoms. The number of rotatable bonds is 6. The zero-order valence-corrected chi connectivity index (χ0v) is 13.3. The average molecular weight is 346 g/mol. The number of carbonyl (C=O) groups excluding carboxylic acids is 1. The monoisotopic (exact) mass is 346 g/mol. The Morgan fingerprint density at radius 2 is 2.04 bits per heavy atom. The van der Waals surface area contributed by atoms with Crippen LogP contribution in [0.5, 0.6) is 0 Å². The molecule has 0 fully saturated rings. The number of para-hydroxylation sites is 1. The smallest absolute Gasteiger partial charge is 0.380 e. The number of benzene rings is 1. The largest absolute Gasteiger partial charge is 0.417 e. The molecule has 2 aromatic rings. The van der Waals surface area contributed by atoms with Crippen LogP contribution in [0.3, 0.4) is 0 Å². The molecule has 2 N–H and O–H groups in total. The second-order valence-electron chi connectivity index (χ2n) is 5.48. The SMILES string of the molecule is CC(O)(CC(=O)NCCCc1nc2ccccc2s1)C(F)(F)F. The van der Waals surface area contributed by atoms with E-state index in [9.17, 15) is 23.1 Å². The molecule has 2 rings (SSSR count). The Morgan fingerprint density at radius 1 is 1.35 bits per heavy atom. The van der Waals surface area contributed by atoms with Gasteiger partial charge in [-0.3, -0.25) is 4.79 Å². The molecule has 1 aromatic carbocycles. The Hall–Kier alpha value is -1.67. The quantitative estimate of drug-likeness (QED) is 0.791. The third-order valence-electron chi connectivity index (χ3n) is 3.34. The summed E-state index contributed by atoms with van der Waals surface area (Å²) in [5, 5.41) is 12.6. The second-order valence-corrected chi connectivity index (χ2v) is 6.59. The van der Waals surface area contributed by atoms with E-state index in [2.05, 4.69) is 10.3 Å². The molecule has 23 heavy (non-hydrogen) atoms. The number of amides is 1. The summed E-state index contributed by atoms with van der Waals surface area (Å²) in [5.41, 5.74) is -2.10. The number of halogens is 3. The fourth-order valence-electron chi connectivity index (χ4n) is 1.97. The third-order valence-corrected chi connectivity index (χ3v) is 4.44. The first-order valence-electron chi connectivity index (χ1n) is 7.09. The molecule has 1 aromatic heterocycles. The average Bonchev–Trinajstić information content (AvgIpc) is 2.84. The topological polar surface area (TPSA) is 62.2 Å². The fraction of sp³-hybridized carbons (Fsp3) is 0.467. The molecule has 0 spiro atoms. The van der Waals surface area contributed by atoms with Gasteiger partial charge in [-0.2, -0.15) is 13.2 Å². The minimum Gasteiger partial charge on any atom is -0.380 e. The van der Waals surface area contributed by atoms with Gasteiger partial charge in [0.2, 0.25) is 5.91 Å². The van der Waals surface area contributed by atoms with Crippen molar-refractivity contribution in [3.05, 3.63) is 29.3 Å². The number of aromatic nitrogens is 1. The molecule has 1 unspecified atom stereocenters. The van der Waals surface area contributed by atoms with Crippen molar-refractivity contribution in [1.29, 1.82) is 0 Å². The zero-order valence-electron chi connectivity index (χ0n) is 12.5. The summed E-state index contributed by atoms with van der Waals surface area (Å²) in [6, 6.07) is 7.71. The lowest BCUT2D eigenvalue weighted by Gasteiger charge is -2.25. The van der Waals surface area contributed by atoms with Gasteiger partial charge in [-0.25, -0.2) is 4.98 Å². The molecular formula is C15H17F3N2O2S. The van der Waals surface area contributed by atoms with Crippen molar-refractivity contribution < 1.29 is 23.1 Å². The lowest BCUT2D eigenvalue weighted by Crippen LogP contribution is -2.46. The number of aliphatic hydroxyl groups is 1.